The predicted molar refractivity (Wildman–Crippen MR) is 131 cm³/mol. The number of aryl methyl sites for hydroxylation is 1. The Balaban J connectivity index is 1.54. The van der Waals surface area contributed by atoms with Crippen molar-refractivity contribution in [3.63, 3.8) is 0 Å². The Bertz CT molecular complexity index is 1350. The number of piperazine rings is 1. The first-order valence-electron chi connectivity index (χ1n) is 11.6. The number of aromatic nitrogens is 2. The summed E-state index contributed by atoms with van der Waals surface area (Å²) in [6.07, 6.45) is 3.33. The number of hydrogen-bond acceptors (Lipinski definition) is 6. The fourth-order valence-electron chi connectivity index (χ4n) is 4.77. The average molecular weight is 475 g/mol. The Kier molecular flexibility index (Phi) is 6.37. The van der Waals surface area contributed by atoms with Crippen molar-refractivity contribution in [1.82, 2.24) is 14.5 Å². The second kappa shape index (κ2) is 9.76. The topological polar surface area (TPSA) is 74.7 Å². The third-order valence-electron chi connectivity index (χ3n) is 6.51. The van der Waals surface area contributed by atoms with E-state index in [0.717, 1.165) is 5.82 Å². The van der Waals surface area contributed by atoms with Crippen LogP contribution in [0.2, 0.25) is 0 Å². The van der Waals surface area contributed by atoms with Crippen LogP contribution in [0, 0.1) is 12.7 Å². The molecule has 1 N–H and O–H groups in total. The summed E-state index contributed by atoms with van der Waals surface area (Å²) < 4.78 is 21.3. The normalized spacial score (nSPS) is 15.3. The van der Waals surface area contributed by atoms with E-state index in [9.17, 15) is 14.3 Å². The second-order valence-electron chi connectivity index (χ2n) is 8.72. The van der Waals surface area contributed by atoms with Crippen molar-refractivity contribution in [2.24, 2.45) is 0 Å². The fourth-order valence-corrected chi connectivity index (χ4v) is 4.77. The Hall–Kier alpha value is -3.91. The lowest BCUT2D eigenvalue weighted by Gasteiger charge is -2.40. The van der Waals surface area contributed by atoms with Crippen LogP contribution in [-0.4, -0.2) is 45.7 Å². The van der Waals surface area contributed by atoms with E-state index < -0.39 is 6.04 Å². The molecule has 180 valence electrons. The first kappa shape index (κ1) is 22.9. The number of aromatic hydroxyl groups is 1. The quantitative estimate of drug-likeness (QED) is 0.456. The summed E-state index contributed by atoms with van der Waals surface area (Å²) in [5, 5.41) is 11.0. The largest absolute Gasteiger partial charge is 0.507 e. The molecule has 0 radical (unpaired) electrons. The van der Waals surface area contributed by atoms with Crippen LogP contribution in [0.15, 0.2) is 82.3 Å². The number of rotatable bonds is 6. The first-order valence-corrected chi connectivity index (χ1v) is 11.6. The lowest BCUT2D eigenvalue weighted by Crippen LogP contribution is -2.49. The van der Waals surface area contributed by atoms with Crippen LogP contribution in [0.1, 0.15) is 28.6 Å². The summed E-state index contributed by atoms with van der Waals surface area (Å²) in [6.45, 7) is 4.63. The van der Waals surface area contributed by atoms with E-state index in [1.54, 1.807) is 54.3 Å². The van der Waals surface area contributed by atoms with E-state index in [0.29, 0.717) is 43.2 Å². The number of halogens is 1. The highest BCUT2D eigenvalue weighted by Crippen LogP contribution is 2.34. The number of nitrogens with zero attached hydrogens (tertiary/aromatic N) is 4. The van der Waals surface area contributed by atoms with E-state index in [1.165, 1.54) is 12.1 Å². The van der Waals surface area contributed by atoms with Gasteiger partial charge in [0.1, 0.15) is 23.1 Å². The Labute approximate surface area is 202 Å². The fraction of sp³-hybridized carbons (Fsp3) is 0.259. The zero-order valence-corrected chi connectivity index (χ0v) is 19.5. The van der Waals surface area contributed by atoms with Crippen LogP contribution in [0.5, 0.6) is 5.75 Å². The van der Waals surface area contributed by atoms with E-state index >= 15 is 0 Å². The summed E-state index contributed by atoms with van der Waals surface area (Å²) in [4.78, 5) is 22.5. The van der Waals surface area contributed by atoms with Gasteiger partial charge in [-0.25, -0.2) is 9.37 Å². The van der Waals surface area contributed by atoms with Gasteiger partial charge in [-0.15, -0.1) is 0 Å². The molecule has 0 spiro atoms. The minimum absolute atomic E-state index is 0.0930. The number of pyridine rings is 2. The molecule has 1 fully saturated rings. The van der Waals surface area contributed by atoms with Crippen LogP contribution >= 0.6 is 0 Å². The lowest BCUT2D eigenvalue weighted by atomic mass is 9.95. The maximum Gasteiger partial charge on any atom is 0.260 e. The van der Waals surface area contributed by atoms with Gasteiger partial charge in [0.15, 0.2) is 0 Å². The van der Waals surface area contributed by atoms with Gasteiger partial charge in [0.05, 0.1) is 24.4 Å². The van der Waals surface area contributed by atoms with Gasteiger partial charge in [-0.2, -0.15) is 0 Å². The molecule has 8 heteroatoms. The van der Waals surface area contributed by atoms with Gasteiger partial charge in [0.25, 0.3) is 5.56 Å². The smallest absolute Gasteiger partial charge is 0.260 e. The summed E-state index contributed by atoms with van der Waals surface area (Å²) >= 11 is 0. The van der Waals surface area contributed by atoms with Gasteiger partial charge in [-0.3, -0.25) is 9.69 Å². The van der Waals surface area contributed by atoms with Gasteiger partial charge in [-0.1, -0.05) is 18.2 Å². The third kappa shape index (κ3) is 4.70. The maximum absolute atomic E-state index is 14.3. The highest BCUT2D eigenvalue weighted by Gasteiger charge is 2.32. The highest BCUT2D eigenvalue weighted by molar-refractivity contribution is 5.43. The molecule has 0 bridgehead atoms. The van der Waals surface area contributed by atoms with Crippen LogP contribution in [0.25, 0.3) is 0 Å². The standard InChI is InChI=1S/C27H27FN4O3/c1-19-16-23(33)25(27(34)32(19)18-22-8-5-15-35-22)26(20-6-4-7-21(28)17-20)31-13-11-30(12-14-31)24-9-2-3-10-29-24/h2-10,15-17,26,33H,11-14,18H2,1H3/t26-/m1/s1. The monoisotopic (exact) mass is 474 g/mol. The summed E-state index contributed by atoms with van der Waals surface area (Å²) in [5.74, 6) is 1.05. The molecule has 0 amide bonds. The van der Waals surface area contributed by atoms with Crippen LogP contribution < -0.4 is 10.5 Å². The van der Waals surface area contributed by atoms with Crippen LogP contribution in [0.4, 0.5) is 10.2 Å². The van der Waals surface area contributed by atoms with Gasteiger partial charge in [0.2, 0.25) is 0 Å². The molecule has 0 unspecified atom stereocenters. The Morgan fingerprint density at radius 2 is 1.89 bits per heavy atom. The molecule has 1 aliphatic heterocycles. The number of furan rings is 1. The number of anilines is 1. The third-order valence-corrected chi connectivity index (χ3v) is 6.51. The molecule has 1 aliphatic rings. The minimum atomic E-state index is -0.604. The van der Waals surface area contributed by atoms with E-state index in [-0.39, 0.29) is 29.2 Å². The van der Waals surface area contributed by atoms with Crippen LogP contribution in [0.3, 0.4) is 0 Å². The minimum Gasteiger partial charge on any atom is -0.507 e. The van der Waals surface area contributed by atoms with Gasteiger partial charge >= 0.3 is 0 Å². The molecular weight excluding hydrogens is 447 g/mol. The van der Waals surface area contributed by atoms with Crippen molar-refractivity contribution in [1.29, 1.82) is 0 Å². The summed E-state index contributed by atoms with van der Waals surface area (Å²) in [7, 11) is 0. The van der Waals surface area contributed by atoms with E-state index in [4.69, 9.17) is 4.42 Å². The average Bonchev–Trinajstić information content (AvgIpc) is 3.38. The molecule has 1 atom stereocenters. The molecule has 0 saturated carbocycles. The van der Waals surface area contributed by atoms with Crippen molar-refractivity contribution >= 4 is 5.82 Å². The zero-order chi connectivity index (χ0) is 24.4. The van der Waals surface area contributed by atoms with Crippen molar-refractivity contribution in [2.75, 3.05) is 31.1 Å². The van der Waals surface area contributed by atoms with E-state index in [2.05, 4.69) is 14.8 Å². The van der Waals surface area contributed by atoms with Gasteiger partial charge < -0.3 is 19.0 Å². The van der Waals surface area contributed by atoms with Crippen molar-refractivity contribution in [3.05, 3.63) is 112 Å². The highest BCUT2D eigenvalue weighted by atomic mass is 19.1. The summed E-state index contributed by atoms with van der Waals surface area (Å²) in [5.41, 5.74) is 1.15. The number of hydrogen-bond donors (Lipinski definition) is 1. The predicted octanol–water partition coefficient (Wildman–Crippen LogP) is 3.95. The summed E-state index contributed by atoms with van der Waals surface area (Å²) in [6, 6.07) is 16.6. The molecule has 4 heterocycles. The first-order chi connectivity index (χ1) is 17.0. The molecule has 3 aromatic heterocycles. The second-order valence-corrected chi connectivity index (χ2v) is 8.72. The van der Waals surface area contributed by atoms with Gasteiger partial charge in [-0.05, 0) is 55.0 Å². The molecule has 1 aromatic carbocycles. The van der Waals surface area contributed by atoms with E-state index in [1.807, 2.05) is 18.2 Å². The lowest BCUT2D eigenvalue weighted by molar-refractivity contribution is 0.206. The Morgan fingerprint density at radius 3 is 2.57 bits per heavy atom. The Morgan fingerprint density at radius 1 is 1.06 bits per heavy atom. The maximum atomic E-state index is 14.3. The zero-order valence-electron chi connectivity index (χ0n) is 19.5. The molecule has 4 aromatic rings. The van der Waals surface area contributed by atoms with Crippen LogP contribution in [-0.2, 0) is 6.54 Å². The SMILES string of the molecule is Cc1cc(O)c([C@@H](c2cccc(F)c2)N2CCN(c3ccccn3)CC2)c(=O)n1Cc1ccco1. The van der Waals surface area contributed by atoms with Crippen molar-refractivity contribution < 1.29 is 13.9 Å². The molecule has 0 aliphatic carbocycles. The van der Waals surface area contributed by atoms with Crippen molar-refractivity contribution in [2.45, 2.75) is 19.5 Å². The molecule has 35 heavy (non-hydrogen) atoms. The van der Waals surface area contributed by atoms with Gasteiger partial charge in [0, 0.05) is 38.1 Å². The molecular formula is C27H27FN4O3. The number of benzene rings is 1. The molecule has 7 nitrogen and oxygen atoms in total. The molecule has 1 saturated heterocycles. The van der Waals surface area contributed by atoms with Crippen molar-refractivity contribution in [3.8, 4) is 5.75 Å². The molecule has 5 rings (SSSR count).